The summed E-state index contributed by atoms with van der Waals surface area (Å²) < 4.78 is 33.7. The van der Waals surface area contributed by atoms with Crippen molar-refractivity contribution in [3.8, 4) is 5.75 Å². The molecule has 30 heavy (non-hydrogen) atoms. The maximum atomic E-state index is 12.8. The summed E-state index contributed by atoms with van der Waals surface area (Å²) in [6.45, 7) is 1.91. The number of ether oxygens (including phenoxy) is 1. The van der Waals surface area contributed by atoms with Crippen LogP contribution in [0, 0.1) is 6.92 Å². The molecule has 0 saturated carbocycles. The molecule has 0 spiro atoms. The lowest BCUT2D eigenvalue weighted by Gasteiger charge is -2.19. The first-order valence-electron chi connectivity index (χ1n) is 9.45. The average Bonchev–Trinajstić information content (AvgIpc) is 2.74. The van der Waals surface area contributed by atoms with Crippen LogP contribution in [0.15, 0.2) is 83.8 Å². The monoisotopic (exact) mass is 425 g/mol. The fraction of sp³-hybridized carbons (Fsp3) is 0.174. The molecule has 0 radical (unpaired) electrons. The van der Waals surface area contributed by atoms with Gasteiger partial charge in [-0.15, -0.1) is 0 Å². The molecule has 0 aromatic heterocycles. The molecule has 0 bridgehead atoms. The Balaban J connectivity index is 1.71. The third-order valence-corrected chi connectivity index (χ3v) is 6.06. The minimum Gasteiger partial charge on any atom is -0.508 e. The van der Waals surface area contributed by atoms with Crippen molar-refractivity contribution in [2.45, 2.75) is 24.3 Å². The molecule has 0 aliphatic carbocycles. The molecule has 0 heterocycles. The van der Waals surface area contributed by atoms with Crippen molar-refractivity contribution in [3.05, 3.63) is 95.6 Å². The van der Waals surface area contributed by atoms with E-state index in [2.05, 4.69) is 4.72 Å². The van der Waals surface area contributed by atoms with Crippen molar-refractivity contribution in [1.29, 1.82) is 0 Å². The summed E-state index contributed by atoms with van der Waals surface area (Å²) in [7, 11) is -3.75. The second-order valence-electron chi connectivity index (χ2n) is 6.87. The maximum Gasteiger partial charge on any atom is 0.338 e. The Bertz CT molecular complexity index is 1080. The van der Waals surface area contributed by atoms with E-state index in [0.29, 0.717) is 5.56 Å². The Morgan fingerprint density at radius 3 is 2.23 bits per heavy atom. The minimum atomic E-state index is -3.75. The zero-order chi connectivity index (χ0) is 21.6. The number of aromatic hydroxyl groups is 1. The molecule has 6 nitrogen and oxygen atoms in total. The summed E-state index contributed by atoms with van der Waals surface area (Å²) in [5.41, 5.74) is 2.05. The summed E-state index contributed by atoms with van der Waals surface area (Å²) in [5, 5.41) is 9.31. The van der Waals surface area contributed by atoms with Crippen LogP contribution < -0.4 is 4.72 Å². The number of phenolic OH excluding ortho intramolecular Hbond substituents is 1. The van der Waals surface area contributed by atoms with Gasteiger partial charge in [0, 0.05) is 6.42 Å². The van der Waals surface area contributed by atoms with Gasteiger partial charge in [0.25, 0.3) is 0 Å². The van der Waals surface area contributed by atoms with Crippen LogP contribution in [-0.4, -0.2) is 26.1 Å². The molecule has 7 heteroatoms. The maximum absolute atomic E-state index is 12.8. The average molecular weight is 426 g/mol. The van der Waals surface area contributed by atoms with Crippen molar-refractivity contribution < 1.29 is 23.1 Å². The van der Waals surface area contributed by atoms with E-state index in [4.69, 9.17) is 4.74 Å². The summed E-state index contributed by atoms with van der Waals surface area (Å²) in [6, 6.07) is 20.9. The highest BCUT2D eigenvalue weighted by molar-refractivity contribution is 7.89. The number of esters is 1. The van der Waals surface area contributed by atoms with Crippen LogP contribution in [0.2, 0.25) is 0 Å². The Kier molecular flexibility index (Phi) is 6.87. The van der Waals surface area contributed by atoms with Crippen LogP contribution in [0.5, 0.6) is 5.75 Å². The molecular weight excluding hydrogens is 402 g/mol. The van der Waals surface area contributed by atoms with Crippen LogP contribution in [0.25, 0.3) is 0 Å². The second-order valence-corrected chi connectivity index (χ2v) is 8.58. The smallest absolute Gasteiger partial charge is 0.338 e. The molecule has 0 aliphatic rings. The highest BCUT2D eigenvalue weighted by Gasteiger charge is 2.22. The van der Waals surface area contributed by atoms with Gasteiger partial charge in [0.15, 0.2) is 0 Å². The van der Waals surface area contributed by atoms with Crippen molar-refractivity contribution in [2.75, 3.05) is 6.61 Å². The molecule has 3 rings (SSSR count). The van der Waals surface area contributed by atoms with Crippen molar-refractivity contribution in [1.82, 2.24) is 4.72 Å². The number of benzene rings is 3. The fourth-order valence-electron chi connectivity index (χ4n) is 2.90. The predicted molar refractivity (Wildman–Crippen MR) is 114 cm³/mol. The highest BCUT2D eigenvalue weighted by Crippen LogP contribution is 2.21. The van der Waals surface area contributed by atoms with Gasteiger partial charge in [0.1, 0.15) is 5.75 Å². The minimum absolute atomic E-state index is 0.0235. The van der Waals surface area contributed by atoms with Gasteiger partial charge in [-0.1, -0.05) is 48.0 Å². The first-order chi connectivity index (χ1) is 14.3. The van der Waals surface area contributed by atoms with Gasteiger partial charge in [-0.25, -0.2) is 17.9 Å². The molecule has 0 amide bonds. The standard InChI is InChI=1S/C23H23NO5S/c1-17-7-13-21(14-8-17)30(27,28)24-22(18-5-3-2-4-6-18)15-16-29-23(26)19-9-11-20(25)12-10-19/h2-14,22,24-25H,15-16H2,1H3. The van der Waals surface area contributed by atoms with E-state index < -0.39 is 22.0 Å². The largest absolute Gasteiger partial charge is 0.508 e. The molecule has 0 aliphatic heterocycles. The van der Waals surface area contributed by atoms with Gasteiger partial charge in [-0.2, -0.15) is 0 Å². The zero-order valence-electron chi connectivity index (χ0n) is 16.5. The molecule has 3 aromatic carbocycles. The van der Waals surface area contributed by atoms with Crippen LogP contribution in [0.3, 0.4) is 0 Å². The lowest BCUT2D eigenvalue weighted by molar-refractivity contribution is 0.0492. The van der Waals surface area contributed by atoms with Crippen LogP contribution in [-0.2, 0) is 14.8 Å². The predicted octanol–water partition coefficient (Wildman–Crippen LogP) is 3.97. The Morgan fingerprint density at radius 2 is 1.60 bits per heavy atom. The Hall–Kier alpha value is -3.16. The topological polar surface area (TPSA) is 92.7 Å². The van der Waals surface area contributed by atoms with Crippen LogP contribution in [0.1, 0.15) is 33.9 Å². The van der Waals surface area contributed by atoms with Gasteiger partial charge < -0.3 is 9.84 Å². The van der Waals surface area contributed by atoms with E-state index in [9.17, 15) is 18.3 Å². The third-order valence-electron chi connectivity index (χ3n) is 4.57. The number of sulfonamides is 1. The Labute approximate surface area is 176 Å². The second kappa shape index (κ2) is 9.56. The van der Waals surface area contributed by atoms with E-state index >= 15 is 0 Å². The van der Waals surface area contributed by atoms with Gasteiger partial charge in [0.2, 0.25) is 10.0 Å². The number of hydrogen-bond donors (Lipinski definition) is 2. The highest BCUT2D eigenvalue weighted by atomic mass is 32.2. The molecule has 0 fully saturated rings. The molecule has 156 valence electrons. The molecule has 1 atom stereocenters. The van der Waals surface area contributed by atoms with E-state index in [0.717, 1.165) is 11.1 Å². The summed E-state index contributed by atoms with van der Waals surface area (Å²) in [5.74, 6) is -0.482. The van der Waals surface area contributed by atoms with Crippen LogP contribution in [0.4, 0.5) is 0 Å². The van der Waals surface area contributed by atoms with Gasteiger partial charge in [-0.3, -0.25) is 0 Å². The number of aryl methyl sites for hydroxylation is 1. The normalized spacial score (nSPS) is 12.3. The van der Waals surface area contributed by atoms with Crippen molar-refractivity contribution in [3.63, 3.8) is 0 Å². The van der Waals surface area contributed by atoms with E-state index in [-0.39, 0.29) is 23.7 Å². The molecular formula is C23H23NO5S. The quantitative estimate of drug-likeness (QED) is 0.533. The van der Waals surface area contributed by atoms with Crippen LogP contribution >= 0.6 is 0 Å². The van der Waals surface area contributed by atoms with E-state index in [1.54, 1.807) is 24.3 Å². The first kappa shape index (κ1) is 21.5. The number of nitrogens with one attached hydrogen (secondary N) is 1. The lowest BCUT2D eigenvalue weighted by atomic mass is 10.1. The SMILES string of the molecule is Cc1ccc(S(=O)(=O)NC(CCOC(=O)c2ccc(O)cc2)c2ccccc2)cc1. The summed E-state index contributed by atoms with van der Waals surface area (Å²) >= 11 is 0. The van der Waals surface area contributed by atoms with Crippen molar-refractivity contribution >= 4 is 16.0 Å². The van der Waals surface area contributed by atoms with Crippen molar-refractivity contribution in [2.24, 2.45) is 0 Å². The third kappa shape index (κ3) is 5.68. The number of carbonyl (C=O) groups excluding carboxylic acids is 1. The molecule has 1 unspecified atom stereocenters. The van der Waals surface area contributed by atoms with Gasteiger partial charge >= 0.3 is 5.97 Å². The fourth-order valence-corrected chi connectivity index (χ4v) is 4.16. The first-order valence-corrected chi connectivity index (χ1v) is 10.9. The number of rotatable bonds is 8. The summed E-state index contributed by atoms with van der Waals surface area (Å²) in [6.07, 6.45) is 0.263. The molecule has 2 N–H and O–H groups in total. The number of phenols is 1. The number of hydrogen-bond acceptors (Lipinski definition) is 5. The Morgan fingerprint density at radius 1 is 0.967 bits per heavy atom. The van der Waals surface area contributed by atoms with Gasteiger partial charge in [-0.05, 0) is 48.9 Å². The number of carbonyl (C=O) groups is 1. The van der Waals surface area contributed by atoms with E-state index in [1.807, 2.05) is 37.3 Å². The lowest BCUT2D eigenvalue weighted by Crippen LogP contribution is -2.29. The molecule has 3 aromatic rings. The van der Waals surface area contributed by atoms with Gasteiger partial charge in [0.05, 0.1) is 23.1 Å². The summed E-state index contributed by atoms with van der Waals surface area (Å²) in [4.78, 5) is 12.3. The molecule has 0 saturated heterocycles. The van der Waals surface area contributed by atoms with E-state index in [1.165, 1.54) is 24.3 Å². The zero-order valence-corrected chi connectivity index (χ0v) is 17.3.